The summed E-state index contributed by atoms with van der Waals surface area (Å²) in [5, 5.41) is 1.02. The Morgan fingerprint density at radius 1 is 1.78 bits per heavy atom. The summed E-state index contributed by atoms with van der Waals surface area (Å²) >= 11 is 3.33. The van der Waals surface area contributed by atoms with Crippen LogP contribution in [0.1, 0.15) is 19.8 Å². The van der Waals surface area contributed by atoms with Crippen LogP contribution in [0.25, 0.3) is 0 Å². The van der Waals surface area contributed by atoms with E-state index in [1.165, 1.54) is 5.57 Å². The summed E-state index contributed by atoms with van der Waals surface area (Å²) in [7, 11) is 0. The summed E-state index contributed by atoms with van der Waals surface area (Å²) in [6.45, 7) is 2.06. The lowest BCUT2D eigenvalue weighted by atomic mass is 10.2. The number of alkyl halides is 1. The van der Waals surface area contributed by atoms with Crippen molar-refractivity contribution in [2.45, 2.75) is 19.8 Å². The minimum atomic E-state index is 0.785. The van der Waals surface area contributed by atoms with Crippen LogP contribution in [0, 0.1) is 12.3 Å². The predicted molar refractivity (Wildman–Crippen MR) is 45.6 cm³/mol. The highest BCUT2D eigenvalue weighted by atomic mass is 79.9. The van der Waals surface area contributed by atoms with E-state index < -0.39 is 0 Å². The summed E-state index contributed by atoms with van der Waals surface area (Å²) < 4.78 is 0. The first-order chi connectivity index (χ1) is 4.31. The summed E-state index contributed by atoms with van der Waals surface area (Å²) in [4.78, 5) is 0. The van der Waals surface area contributed by atoms with Crippen LogP contribution in [0.5, 0.6) is 0 Å². The van der Waals surface area contributed by atoms with E-state index in [1.807, 2.05) is 0 Å². The molecule has 0 unspecified atom stereocenters. The topological polar surface area (TPSA) is 0 Å². The van der Waals surface area contributed by atoms with E-state index in [4.69, 9.17) is 6.42 Å². The maximum absolute atomic E-state index is 5.10. The fourth-order valence-corrected chi connectivity index (χ4v) is 0.763. The molecule has 0 nitrogen and oxygen atoms in total. The zero-order valence-electron chi connectivity index (χ0n) is 5.65. The third-order valence-electron chi connectivity index (χ3n) is 0.983. The molecule has 1 heteroatoms. The van der Waals surface area contributed by atoms with Crippen LogP contribution in [0.4, 0.5) is 0 Å². The summed E-state index contributed by atoms with van der Waals surface area (Å²) in [5.41, 5.74) is 1.29. The standard InChI is InChI=1S/C8H11Br/c1-3-5-8(2)6-4-7-9/h1,6H,4-5,7H2,2H3. The van der Waals surface area contributed by atoms with E-state index in [2.05, 4.69) is 34.9 Å². The van der Waals surface area contributed by atoms with Crippen molar-refractivity contribution in [2.75, 3.05) is 5.33 Å². The van der Waals surface area contributed by atoms with Crippen LogP contribution in [-0.4, -0.2) is 5.33 Å². The minimum Gasteiger partial charge on any atom is -0.120 e. The van der Waals surface area contributed by atoms with Gasteiger partial charge in [-0.1, -0.05) is 27.6 Å². The molecule has 0 bridgehead atoms. The fourth-order valence-electron chi connectivity index (χ4n) is 0.534. The van der Waals surface area contributed by atoms with Crippen LogP contribution >= 0.6 is 15.9 Å². The monoisotopic (exact) mass is 186 g/mol. The van der Waals surface area contributed by atoms with Crippen molar-refractivity contribution < 1.29 is 0 Å². The highest BCUT2D eigenvalue weighted by Gasteiger charge is 1.82. The maximum atomic E-state index is 5.10. The van der Waals surface area contributed by atoms with Crippen LogP contribution < -0.4 is 0 Å². The van der Waals surface area contributed by atoms with Crippen molar-refractivity contribution in [3.63, 3.8) is 0 Å². The second-order valence-corrected chi connectivity index (χ2v) is 2.70. The smallest absolute Gasteiger partial charge is 0.0293 e. The van der Waals surface area contributed by atoms with E-state index in [9.17, 15) is 0 Å². The molecule has 0 fully saturated rings. The third-order valence-corrected chi connectivity index (χ3v) is 1.44. The average Bonchev–Trinajstić information content (AvgIpc) is 1.85. The number of hydrogen-bond acceptors (Lipinski definition) is 0. The van der Waals surface area contributed by atoms with Gasteiger partial charge in [-0.2, -0.15) is 0 Å². The molecule has 0 aromatic heterocycles. The Hall–Kier alpha value is -0.220. The normalized spacial score (nSPS) is 11.0. The van der Waals surface area contributed by atoms with Gasteiger partial charge in [0, 0.05) is 11.8 Å². The average molecular weight is 187 g/mol. The molecule has 0 saturated carbocycles. The van der Waals surface area contributed by atoms with Gasteiger partial charge in [-0.25, -0.2) is 0 Å². The molecule has 0 aliphatic rings. The van der Waals surface area contributed by atoms with Gasteiger partial charge >= 0.3 is 0 Å². The van der Waals surface area contributed by atoms with Gasteiger partial charge in [0.1, 0.15) is 0 Å². The van der Waals surface area contributed by atoms with E-state index in [0.717, 1.165) is 18.2 Å². The second kappa shape index (κ2) is 5.91. The molecule has 0 spiro atoms. The molecular weight excluding hydrogens is 176 g/mol. The van der Waals surface area contributed by atoms with Gasteiger partial charge in [-0.3, -0.25) is 0 Å². The van der Waals surface area contributed by atoms with E-state index in [-0.39, 0.29) is 0 Å². The molecule has 0 aliphatic heterocycles. The first-order valence-electron chi connectivity index (χ1n) is 2.96. The lowest BCUT2D eigenvalue weighted by Gasteiger charge is -1.90. The maximum Gasteiger partial charge on any atom is 0.0293 e. The first-order valence-corrected chi connectivity index (χ1v) is 4.08. The molecule has 0 aromatic rings. The van der Waals surface area contributed by atoms with Crippen LogP contribution in [0.2, 0.25) is 0 Å². The van der Waals surface area contributed by atoms with Gasteiger partial charge in [0.15, 0.2) is 0 Å². The Kier molecular flexibility index (Phi) is 5.76. The summed E-state index contributed by atoms with van der Waals surface area (Å²) in [5.74, 6) is 2.59. The molecule has 0 amide bonds. The van der Waals surface area contributed by atoms with Crippen molar-refractivity contribution in [1.29, 1.82) is 0 Å². The lowest BCUT2D eigenvalue weighted by molar-refractivity contribution is 1.16. The molecule has 0 saturated heterocycles. The third kappa shape index (κ3) is 5.65. The van der Waals surface area contributed by atoms with Crippen molar-refractivity contribution >= 4 is 15.9 Å². The largest absolute Gasteiger partial charge is 0.120 e. The van der Waals surface area contributed by atoms with Gasteiger partial charge in [-0.15, -0.1) is 12.3 Å². The van der Waals surface area contributed by atoms with Gasteiger partial charge in [-0.05, 0) is 13.3 Å². The highest BCUT2D eigenvalue weighted by Crippen LogP contribution is 2.00. The van der Waals surface area contributed by atoms with Crippen LogP contribution in [0.15, 0.2) is 11.6 Å². The Morgan fingerprint density at radius 3 is 2.89 bits per heavy atom. The number of halogens is 1. The molecule has 0 radical (unpaired) electrons. The minimum absolute atomic E-state index is 0.785. The van der Waals surface area contributed by atoms with E-state index >= 15 is 0 Å². The Balaban J connectivity index is 3.46. The summed E-state index contributed by atoms with van der Waals surface area (Å²) in [6.07, 6.45) is 9.12. The van der Waals surface area contributed by atoms with Gasteiger partial charge < -0.3 is 0 Å². The fraction of sp³-hybridized carbons (Fsp3) is 0.500. The van der Waals surface area contributed by atoms with E-state index in [1.54, 1.807) is 0 Å². The number of hydrogen-bond donors (Lipinski definition) is 0. The molecule has 0 aromatic carbocycles. The molecule has 0 rings (SSSR count). The second-order valence-electron chi connectivity index (χ2n) is 1.91. The quantitative estimate of drug-likeness (QED) is 0.362. The SMILES string of the molecule is C#CCC(C)=CCCBr. The molecule has 0 atom stereocenters. The molecule has 50 valence electrons. The number of terminal acetylenes is 1. The van der Waals surface area contributed by atoms with E-state index in [0.29, 0.717) is 0 Å². The van der Waals surface area contributed by atoms with Gasteiger partial charge in [0.2, 0.25) is 0 Å². The van der Waals surface area contributed by atoms with Crippen molar-refractivity contribution in [2.24, 2.45) is 0 Å². The van der Waals surface area contributed by atoms with Crippen molar-refractivity contribution in [3.8, 4) is 12.3 Å². The Morgan fingerprint density at radius 2 is 2.44 bits per heavy atom. The van der Waals surface area contributed by atoms with Gasteiger partial charge in [0.25, 0.3) is 0 Å². The molecule has 0 heterocycles. The van der Waals surface area contributed by atoms with Crippen LogP contribution in [-0.2, 0) is 0 Å². The lowest BCUT2D eigenvalue weighted by Crippen LogP contribution is -1.74. The predicted octanol–water partition coefficient (Wildman–Crippen LogP) is 2.74. The van der Waals surface area contributed by atoms with Crippen LogP contribution in [0.3, 0.4) is 0 Å². The van der Waals surface area contributed by atoms with Gasteiger partial charge in [0.05, 0.1) is 0 Å². The number of rotatable bonds is 3. The summed E-state index contributed by atoms with van der Waals surface area (Å²) in [6, 6.07) is 0. The highest BCUT2D eigenvalue weighted by molar-refractivity contribution is 9.09. The molecule has 0 N–H and O–H groups in total. The van der Waals surface area contributed by atoms with Crippen molar-refractivity contribution in [1.82, 2.24) is 0 Å². The van der Waals surface area contributed by atoms with Crippen molar-refractivity contribution in [3.05, 3.63) is 11.6 Å². The molecular formula is C8H11Br. The Bertz CT molecular complexity index is 128. The number of allylic oxidation sites excluding steroid dienone is 2. The zero-order chi connectivity index (χ0) is 7.11. The molecule has 0 aliphatic carbocycles. The molecule has 9 heavy (non-hydrogen) atoms. The Labute approximate surface area is 65.5 Å². The zero-order valence-corrected chi connectivity index (χ0v) is 7.24. The first kappa shape index (κ1) is 8.78.